The molecule has 2 aromatic rings. The van der Waals surface area contributed by atoms with Gasteiger partial charge in [0.05, 0.1) is 6.07 Å². The van der Waals surface area contributed by atoms with Crippen molar-refractivity contribution in [3.63, 3.8) is 0 Å². The Labute approximate surface area is 149 Å². The van der Waals surface area contributed by atoms with Gasteiger partial charge in [-0.05, 0) is 31.0 Å². The van der Waals surface area contributed by atoms with E-state index in [0.717, 1.165) is 22.3 Å². The van der Waals surface area contributed by atoms with Gasteiger partial charge >= 0.3 is 0 Å². The van der Waals surface area contributed by atoms with Crippen molar-refractivity contribution in [3.05, 3.63) is 70.8 Å². The van der Waals surface area contributed by atoms with Crippen molar-refractivity contribution in [1.82, 2.24) is 9.80 Å². The van der Waals surface area contributed by atoms with Gasteiger partial charge in [-0.1, -0.05) is 48.0 Å². The molecule has 128 valence electrons. The first kappa shape index (κ1) is 17.2. The van der Waals surface area contributed by atoms with E-state index < -0.39 is 0 Å². The van der Waals surface area contributed by atoms with Crippen LogP contribution >= 0.6 is 0 Å². The minimum absolute atomic E-state index is 0.0917. The maximum atomic E-state index is 12.8. The lowest BCUT2D eigenvalue weighted by molar-refractivity contribution is 0.0605. The number of carbonyl (C=O) groups excluding carboxylic acids is 1. The molecule has 0 saturated carbocycles. The molecule has 25 heavy (non-hydrogen) atoms. The monoisotopic (exact) mass is 333 g/mol. The summed E-state index contributed by atoms with van der Waals surface area (Å²) in [4.78, 5) is 16.9. The molecule has 1 saturated heterocycles. The molecule has 0 spiro atoms. The number of carbonyl (C=O) groups is 1. The number of aryl methyl sites for hydroxylation is 2. The van der Waals surface area contributed by atoms with Gasteiger partial charge in [0, 0.05) is 31.7 Å². The Kier molecular flexibility index (Phi) is 5.16. The maximum absolute atomic E-state index is 12.8. The zero-order chi connectivity index (χ0) is 17.8. The topological polar surface area (TPSA) is 47.3 Å². The molecule has 0 bridgehead atoms. The molecular weight excluding hydrogens is 310 g/mol. The minimum atomic E-state index is -0.251. The molecular formula is C21H23N3O. The molecule has 4 heteroatoms. The fourth-order valence-electron chi connectivity index (χ4n) is 3.32. The van der Waals surface area contributed by atoms with Crippen molar-refractivity contribution in [2.45, 2.75) is 19.9 Å². The molecule has 3 rings (SSSR count). The first-order valence-corrected chi connectivity index (χ1v) is 8.65. The quantitative estimate of drug-likeness (QED) is 0.865. The molecule has 0 aromatic heterocycles. The molecule has 4 nitrogen and oxygen atoms in total. The smallest absolute Gasteiger partial charge is 0.254 e. The molecule has 2 aromatic carbocycles. The van der Waals surface area contributed by atoms with E-state index in [0.29, 0.717) is 26.2 Å². The lowest BCUT2D eigenvalue weighted by atomic mass is 10.0. The second-order valence-corrected chi connectivity index (χ2v) is 6.59. The normalized spacial score (nSPS) is 16.3. The summed E-state index contributed by atoms with van der Waals surface area (Å²) in [6.45, 7) is 6.71. The molecule has 1 amide bonds. The van der Waals surface area contributed by atoms with Gasteiger partial charge in [0.25, 0.3) is 5.91 Å². The van der Waals surface area contributed by atoms with Crippen LogP contribution in [0.1, 0.15) is 33.1 Å². The Hall–Kier alpha value is -2.64. The number of nitrogens with zero attached hydrogens (tertiary/aromatic N) is 3. The first-order chi connectivity index (χ1) is 12.1. The number of benzene rings is 2. The van der Waals surface area contributed by atoms with Crippen molar-refractivity contribution < 1.29 is 4.79 Å². The molecule has 0 unspecified atom stereocenters. The van der Waals surface area contributed by atoms with Gasteiger partial charge in [-0.3, -0.25) is 9.69 Å². The number of nitriles is 1. The molecule has 1 fully saturated rings. The van der Waals surface area contributed by atoms with E-state index in [9.17, 15) is 10.1 Å². The van der Waals surface area contributed by atoms with E-state index in [2.05, 4.69) is 11.0 Å². The maximum Gasteiger partial charge on any atom is 0.254 e. The second-order valence-electron chi connectivity index (χ2n) is 6.59. The Balaban J connectivity index is 1.68. The fourth-order valence-corrected chi connectivity index (χ4v) is 3.32. The van der Waals surface area contributed by atoms with Crippen LogP contribution in [0.3, 0.4) is 0 Å². The highest BCUT2D eigenvalue weighted by molar-refractivity contribution is 5.95. The number of amides is 1. The number of hydrogen-bond donors (Lipinski definition) is 0. The summed E-state index contributed by atoms with van der Waals surface area (Å²) < 4.78 is 0. The van der Waals surface area contributed by atoms with Crippen LogP contribution in [-0.2, 0) is 0 Å². The van der Waals surface area contributed by atoms with Gasteiger partial charge in [-0.2, -0.15) is 5.26 Å². The number of piperazine rings is 1. The van der Waals surface area contributed by atoms with Crippen LogP contribution in [0.15, 0.2) is 48.5 Å². The molecule has 1 heterocycles. The summed E-state index contributed by atoms with van der Waals surface area (Å²) in [7, 11) is 0. The van der Waals surface area contributed by atoms with Crippen LogP contribution in [0.25, 0.3) is 0 Å². The predicted octanol–water partition coefficient (Wildman–Crippen LogP) is 3.33. The van der Waals surface area contributed by atoms with Gasteiger partial charge in [0.15, 0.2) is 0 Å². The average molecular weight is 333 g/mol. The highest BCUT2D eigenvalue weighted by Gasteiger charge is 2.27. The van der Waals surface area contributed by atoms with Gasteiger partial charge in [-0.25, -0.2) is 0 Å². The molecule has 1 atom stereocenters. The summed E-state index contributed by atoms with van der Waals surface area (Å²) in [6, 6.07) is 18.0. The number of hydrogen-bond acceptors (Lipinski definition) is 3. The highest BCUT2D eigenvalue weighted by Crippen LogP contribution is 2.22. The van der Waals surface area contributed by atoms with Crippen molar-refractivity contribution in [3.8, 4) is 6.07 Å². The van der Waals surface area contributed by atoms with Crippen LogP contribution in [0, 0.1) is 25.2 Å². The van der Waals surface area contributed by atoms with E-state index in [1.807, 2.05) is 67.3 Å². The highest BCUT2D eigenvalue weighted by atomic mass is 16.2. The van der Waals surface area contributed by atoms with E-state index in [1.54, 1.807) is 0 Å². The summed E-state index contributed by atoms with van der Waals surface area (Å²) in [6.07, 6.45) is 0. The lowest BCUT2D eigenvalue weighted by Gasteiger charge is -2.37. The third-order valence-electron chi connectivity index (χ3n) is 4.83. The van der Waals surface area contributed by atoms with Crippen molar-refractivity contribution in [1.29, 1.82) is 5.26 Å². The van der Waals surface area contributed by atoms with Crippen LogP contribution in [0.2, 0.25) is 0 Å². The van der Waals surface area contributed by atoms with Gasteiger partial charge in [0.1, 0.15) is 6.04 Å². The van der Waals surface area contributed by atoms with Crippen LogP contribution < -0.4 is 0 Å². The summed E-state index contributed by atoms with van der Waals surface area (Å²) >= 11 is 0. The Morgan fingerprint density at radius 3 is 2.36 bits per heavy atom. The minimum Gasteiger partial charge on any atom is -0.336 e. The van der Waals surface area contributed by atoms with Crippen molar-refractivity contribution >= 4 is 5.91 Å². The fraction of sp³-hybridized carbons (Fsp3) is 0.333. The molecule has 0 N–H and O–H groups in total. The number of rotatable bonds is 3. The summed E-state index contributed by atoms with van der Waals surface area (Å²) in [5.41, 5.74) is 3.91. The zero-order valence-corrected chi connectivity index (χ0v) is 14.8. The molecule has 0 aliphatic carbocycles. The standard InChI is InChI=1S/C21H23N3O/c1-16-8-9-17(2)19(14-16)21(25)24-12-10-23(11-13-24)20(15-22)18-6-4-3-5-7-18/h3-9,14,20H,10-13H2,1-2H3/t20-/m0/s1. The predicted molar refractivity (Wildman–Crippen MR) is 98.2 cm³/mol. The Bertz CT molecular complexity index is 787. The molecule has 0 radical (unpaired) electrons. The summed E-state index contributed by atoms with van der Waals surface area (Å²) in [5, 5.41) is 9.58. The van der Waals surface area contributed by atoms with Crippen LogP contribution in [-0.4, -0.2) is 41.9 Å². The Morgan fingerprint density at radius 1 is 1.04 bits per heavy atom. The van der Waals surface area contributed by atoms with E-state index in [1.165, 1.54) is 0 Å². The Morgan fingerprint density at radius 2 is 1.72 bits per heavy atom. The average Bonchev–Trinajstić information content (AvgIpc) is 2.65. The van der Waals surface area contributed by atoms with Crippen LogP contribution in [0.5, 0.6) is 0 Å². The van der Waals surface area contributed by atoms with Crippen LogP contribution in [0.4, 0.5) is 0 Å². The van der Waals surface area contributed by atoms with E-state index in [-0.39, 0.29) is 11.9 Å². The van der Waals surface area contributed by atoms with Crippen molar-refractivity contribution in [2.24, 2.45) is 0 Å². The molecule has 1 aliphatic heterocycles. The van der Waals surface area contributed by atoms with Crippen molar-refractivity contribution in [2.75, 3.05) is 26.2 Å². The van der Waals surface area contributed by atoms with E-state index >= 15 is 0 Å². The van der Waals surface area contributed by atoms with E-state index in [4.69, 9.17) is 0 Å². The zero-order valence-electron chi connectivity index (χ0n) is 14.8. The third-order valence-corrected chi connectivity index (χ3v) is 4.83. The summed E-state index contributed by atoms with van der Waals surface area (Å²) in [5.74, 6) is 0.0917. The van der Waals surface area contributed by atoms with Gasteiger partial charge < -0.3 is 4.90 Å². The molecule has 1 aliphatic rings. The lowest BCUT2D eigenvalue weighted by Crippen LogP contribution is -2.49. The second kappa shape index (κ2) is 7.50. The third kappa shape index (κ3) is 3.72. The van der Waals surface area contributed by atoms with Gasteiger partial charge in [-0.15, -0.1) is 0 Å². The SMILES string of the molecule is Cc1ccc(C)c(C(=O)N2CCN([C@@H](C#N)c3ccccc3)CC2)c1. The first-order valence-electron chi connectivity index (χ1n) is 8.65. The van der Waals surface area contributed by atoms with Gasteiger partial charge in [0.2, 0.25) is 0 Å². The largest absolute Gasteiger partial charge is 0.336 e.